The molecule has 138 valence electrons. The molecule has 0 aromatic heterocycles. The van der Waals surface area contributed by atoms with Crippen molar-refractivity contribution in [2.75, 3.05) is 40.4 Å². The van der Waals surface area contributed by atoms with Crippen molar-refractivity contribution < 1.29 is 14.3 Å². The highest BCUT2D eigenvalue weighted by molar-refractivity contribution is 5.95. The summed E-state index contributed by atoms with van der Waals surface area (Å²) in [5, 5.41) is 0. The Morgan fingerprint density at radius 2 is 1.72 bits per heavy atom. The van der Waals surface area contributed by atoms with Gasteiger partial charge in [0.1, 0.15) is 0 Å². The van der Waals surface area contributed by atoms with Crippen LogP contribution in [0.25, 0.3) is 0 Å². The molecule has 2 saturated heterocycles. The van der Waals surface area contributed by atoms with Gasteiger partial charge < -0.3 is 19.3 Å². The predicted octanol–water partition coefficient (Wildman–Crippen LogP) is 3.18. The van der Waals surface area contributed by atoms with E-state index in [0.717, 1.165) is 25.9 Å². The van der Waals surface area contributed by atoms with Gasteiger partial charge in [0.25, 0.3) is 5.91 Å². The SMILES string of the molecule is COc1ccc(C(=O)N2CCCCCC2CN2CCCC2)cc1OC. The summed E-state index contributed by atoms with van der Waals surface area (Å²) in [4.78, 5) is 17.8. The third-order valence-corrected chi connectivity index (χ3v) is 5.44. The lowest BCUT2D eigenvalue weighted by Gasteiger charge is -2.33. The van der Waals surface area contributed by atoms with Gasteiger partial charge in [-0.15, -0.1) is 0 Å². The predicted molar refractivity (Wildman–Crippen MR) is 98.5 cm³/mol. The van der Waals surface area contributed by atoms with Crippen molar-refractivity contribution in [2.24, 2.45) is 0 Å². The molecule has 2 aliphatic rings. The van der Waals surface area contributed by atoms with Crippen molar-refractivity contribution in [1.29, 1.82) is 0 Å². The first kappa shape index (κ1) is 18.1. The zero-order chi connectivity index (χ0) is 17.6. The number of hydrogen-bond acceptors (Lipinski definition) is 4. The molecule has 1 aromatic rings. The Morgan fingerprint density at radius 1 is 1.00 bits per heavy atom. The van der Waals surface area contributed by atoms with Crippen molar-refractivity contribution >= 4 is 5.91 Å². The van der Waals surface area contributed by atoms with Gasteiger partial charge in [-0.1, -0.05) is 12.8 Å². The first-order valence-electron chi connectivity index (χ1n) is 9.48. The molecule has 1 aromatic carbocycles. The summed E-state index contributed by atoms with van der Waals surface area (Å²) in [5.41, 5.74) is 0.686. The van der Waals surface area contributed by atoms with E-state index in [1.807, 2.05) is 12.1 Å². The molecule has 0 saturated carbocycles. The molecule has 0 bridgehead atoms. The molecule has 5 heteroatoms. The Balaban J connectivity index is 1.78. The molecule has 0 N–H and O–H groups in total. The lowest BCUT2D eigenvalue weighted by molar-refractivity contribution is 0.0643. The fraction of sp³-hybridized carbons (Fsp3) is 0.650. The van der Waals surface area contributed by atoms with Gasteiger partial charge in [-0.25, -0.2) is 0 Å². The van der Waals surface area contributed by atoms with Crippen LogP contribution in [0.15, 0.2) is 18.2 Å². The second kappa shape index (κ2) is 8.56. The molecule has 2 heterocycles. The molecule has 0 aliphatic carbocycles. The molecule has 0 radical (unpaired) electrons. The van der Waals surface area contributed by atoms with E-state index in [4.69, 9.17) is 9.47 Å². The summed E-state index contributed by atoms with van der Waals surface area (Å²) in [5.74, 6) is 1.38. The third-order valence-electron chi connectivity index (χ3n) is 5.44. The molecule has 0 spiro atoms. The molecule has 1 amide bonds. The van der Waals surface area contributed by atoms with Crippen LogP contribution in [0, 0.1) is 0 Å². The van der Waals surface area contributed by atoms with Crippen molar-refractivity contribution in [3.05, 3.63) is 23.8 Å². The molecule has 2 fully saturated rings. The number of hydrogen-bond donors (Lipinski definition) is 0. The minimum atomic E-state index is 0.118. The molecular formula is C20H30N2O3. The van der Waals surface area contributed by atoms with Crippen LogP contribution < -0.4 is 9.47 Å². The average Bonchev–Trinajstić information content (AvgIpc) is 3.05. The van der Waals surface area contributed by atoms with Gasteiger partial charge in [-0.05, 0) is 57.0 Å². The van der Waals surface area contributed by atoms with Gasteiger partial charge in [0.05, 0.1) is 14.2 Å². The normalized spacial score (nSPS) is 21.8. The summed E-state index contributed by atoms with van der Waals surface area (Å²) in [6, 6.07) is 5.79. The Bertz CT molecular complexity index is 584. The standard InChI is InChI=1S/C20H30N2O3/c1-24-18-10-9-16(14-19(18)25-2)20(23)22-13-5-3-4-8-17(22)15-21-11-6-7-12-21/h9-10,14,17H,3-8,11-13,15H2,1-2H3. The van der Waals surface area contributed by atoms with E-state index in [2.05, 4.69) is 9.80 Å². The number of carbonyl (C=O) groups is 1. The largest absolute Gasteiger partial charge is 0.493 e. The van der Waals surface area contributed by atoms with E-state index in [9.17, 15) is 4.79 Å². The highest BCUT2D eigenvalue weighted by Gasteiger charge is 2.29. The molecule has 1 unspecified atom stereocenters. The molecule has 2 aliphatic heterocycles. The van der Waals surface area contributed by atoms with Crippen molar-refractivity contribution in [3.8, 4) is 11.5 Å². The van der Waals surface area contributed by atoms with Crippen LogP contribution in [0.2, 0.25) is 0 Å². The average molecular weight is 346 g/mol. The van der Waals surface area contributed by atoms with E-state index in [1.165, 1.54) is 38.8 Å². The lowest BCUT2D eigenvalue weighted by Crippen LogP contribution is -2.46. The maximum absolute atomic E-state index is 13.2. The van der Waals surface area contributed by atoms with Gasteiger partial charge in [0.2, 0.25) is 0 Å². The summed E-state index contributed by atoms with van der Waals surface area (Å²) in [7, 11) is 3.22. The Kier molecular flexibility index (Phi) is 6.19. The maximum atomic E-state index is 13.2. The summed E-state index contributed by atoms with van der Waals surface area (Å²) in [6.45, 7) is 4.22. The van der Waals surface area contributed by atoms with Crippen LogP contribution in [-0.2, 0) is 0 Å². The zero-order valence-corrected chi connectivity index (χ0v) is 15.5. The highest BCUT2D eigenvalue weighted by Crippen LogP contribution is 2.29. The number of methoxy groups -OCH3 is 2. The minimum absolute atomic E-state index is 0.118. The molecule has 3 rings (SSSR count). The number of likely N-dealkylation sites (tertiary alicyclic amines) is 2. The minimum Gasteiger partial charge on any atom is -0.493 e. The van der Waals surface area contributed by atoms with Gasteiger partial charge in [-0.2, -0.15) is 0 Å². The third kappa shape index (κ3) is 4.27. The van der Waals surface area contributed by atoms with Crippen LogP contribution >= 0.6 is 0 Å². The van der Waals surface area contributed by atoms with E-state index < -0.39 is 0 Å². The first-order chi connectivity index (χ1) is 12.2. The van der Waals surface area contributed by atoms with Gasteiger partial charge in [0, 0.05) is 24.7 Å². The van der Waals surface area contributed by atoms with Crippen LogP contribution in [0.4, 0.5) is 0 Å². The monoisotopic (exact) mass is 346 g/mol. The molecule has 5 nitrogen and oxygen atoms in total. The highest BCUT2D eigenvalue weighted by atomic mass is 16.5. The van der Waals surface area contributed by atoms with Gasteiger partial charge in [0.15, 0.2) is 11.5 Å². The van der Waals surface area contributed by atoms with Crippen LogP contribution in [0.3, 0.4) is 0 Å². The number of ether oxygens (including phenoxy) is 2. The number of benzene rings is 1. The van der Waals surface area contributed by atoms with E-state index in [-0.39, 0.29) is 5.91 Å². The van der Waals surface area contributed by atoms with Crippen molar-refractivity contribution in [2.45, 2.75) is 44.6 Å². The smallest absolute Gasteiger partial charge is 0.254 e. The van der Waals surface area contributed by atoms with Crippen LogP contribution in [-0.4, -0.2) is 62.1 Å². The second-order valence-electron chi connectivity index (χ2n) is 7.08. The number of amides is 1. The Hall–Kier alpha value is -1.75. The number of rotatable bonds is 5. The van der Waals surface area contributed by atoms with E-state index in [1.54, 1.807) is 20.3 Å². The quantitative estimate of drug-likeness (QED) is 0.821. The Morgan fingerprint density at radius 3 is 2.44 bits per heavy atom. The maximum Gasteiger partial charge on any atom is 0.254 e. The number of nitrogens with zero attached hydrogens (tertiary/aromatic N) is 2. The fourth-order valence-electron chi connectivity index (χ4n) is 4.03. The molecule has 1 atom stereocenters. The van der Waals surface area contributed by atoms with Crippen LogP contribution in [0.1, 0.15) is 48.9 Å². The van der Waals surface area contributed by atoms with E-state index in [0.29, 0.717) is 23.1 Å². The summed E-state index contributed by atoms with van der Waals surface area (Å²) < 4.78 is 10.7. The first-order valence-corrected chi connectivity index (χ1v) is 9.48. The van der Waals surface area contributed by atoms with E-state index >= 15 is 0 Å². The van der Waals surface area contributed by atoms with Crippen LogP contribution in [0.5, 0.6) is 11.5 Å². The zero-order valence-electron chi connectivity index (χ0n) is 15.5. The fourth-order valence-corrected chi connectivity index (χ4v) is 4.03. The van der Waals surface area contributed by atoms with Crippen molar-refractivity contribution in [1.82, 2.24) is 9.80 Å². The van der Waals surface area contributed by atoms with Crippen molar-refractivity contribution in [3.63, 3.8) is 0 Å². The summed E-state index contributed by atoms with van der Waals surface area (Å²) in [6.07, 6.45) is 7.21. The van der Waals surface area contributed by atoms with Gasteiger partial charge in [-0.3, -0.25) is 4.79 Å². The summed E-state index contributed by atoms with van der Waals surface area (Å²) >= 11 is 0. The lowest BCUT2D eigenvalue weighted by atomic mass is 10.1. The second-order valence-corrected chi connectivity index (χ2v) is 7.08. The number of carbonyl (C=O) groups excluding carboxylic acids is 1. The molecular weight excluding hydrogens is 316 g/mol. The van der Waals surface area contributed by atoms with Gasteiger partial charge >= 0.3 is 0 Å². The molecule has 25 heavy (non-hydrogen) atoms. The topological polar surface area (TPSA) is 42.0 Å². The Labute approximate surface area is 150 Å².